The quantitative estimate of drug-likeness (QED) is 0.114. The molecule has 0 saturated carbocycles. The molecule has 1 aliphatic heterocycles. The van der Waals surface area contributed by atoms with E-state index in [9.17, 15) is 27.9 Å². The average Bonchev–Trinajstić information content (AvgIpc) is 3.16. The van der Waals surface area contributed by atoms with Gasteiger partial charge in [0, 0.05) is 51.2 Å². The number of benzene rings is 3. The first-order valence-electron chi connectivity index (χ1n) is 19.1. The molecular formula is C41H57N5O8S. The SMILES string of the molecule is C[C@@H]1CCCCO[C@@H](CN(C)S(=O)(=O)c2ccccc2)[C@@H](C)CN([C@H](C)CO)C(=O)c2cc(NC(=O)CCCCCC(=O)Nc3ccccc3N)ccc2O1. The molecular weight excluding hydrogens is 723 g/mol. The summed E-state index contributed by atoms with van der Waals surface area (Å²) in [5.74, 6) is -0.731. The largest absolute Gasteiger partial charge is 0.490 e. The number of nitrogens with zero attached hydrogens (tertiary/aromatic N) is 2. The number of carbonyl (C=O) groups excluding carboxylic acids is 3. The van der Waals surface area contributed by atoms with E-state index in [2.05, 4.69) is 10.6 Å². The Morgan fingerprint density at radius 1 is 0.964 bits per heavy atom. The summed E-state index contributed by atoms with van der Waals surface area (Å²) in [4.78, 5) is 41.5. The third kappa shape index (κ3) is 12.8. The maximum Gasteiger partial charge on any atom is 0.258 e. The minimum atomic E-state index is -3.79. The van der Waals surface area contributed by atoms with Gasteiger partial charge in [-0.15, -0.1) is 0 Å². The van der Waals surface area contributed by atoms with Gasteiger partial charge in [-0.3, -0.25) is 14.4 Å². The molecule has 3 amide bonds. The lowest BCUT2D eigenvalue weighted by Crippen LogP contribution is -2.48. The average molecular weight is 780 g/mol. The summed E-state index contributed by atoms with van der Waals surface area (Å²) in [6.45, 7) is 5.90. The molecule has 1 aliphatic rings. The van der Waals surface area contributed by atoms with Crippen molar-refractivity contribution in [3.8, 4) is 5.75 Å². The van der Waals surface area contributed by atoms with E-state index in [0.717, 1.165) is 12.8 Å². The third-order valence-corrected chi connectivity index (χ3v) is 11.6. The van der Waals surface area contributed by atoms with E-state index in [4.69, 9.17) is 15.2 Å². The zero-order valence-electron chi connectivity index (χ0n) is 32.4. The molecule has 4 atom stereocenters. The van der Waals surface area contributed by atoms with Crippen LogP contribution in [0.4, 0.5) is 17.1 Å². The second kappa shape index (κ2) is 21.0. The van der Waals surface area contributed by atoms with E-state index >= 15 is 0 Å². The number of anilines is 3. The van der Waals surface area contributed by atoms with Crippen LogP contribution < -0.4 is 21.1 Å². The monoisotopic (exact) mass is 779 g/mol. The van der Waals surface area contributed by atoms with Gasteiger partial charge in [-0.25, -0.2) is 8.42 Å². The fourth-order valence-electron chi connectivity index (χ4n) is 6.38. The molecule has 0 aliphatic carbocycles. The highest BCUT2D eigenvalue weighted by Crippen LogP contribution is 2.29. The van der Waals surface area contributed by atoms with Gasteiger partial charge in [0.25, 0.3) is 5.91 Å². The number of nitrogen functional groups attached to an aromatic ring is 1. The van der Waals surface area contributed by atoms with Crippen LogP contribution in [0.1, 0.15) is 82.5 Å². The van der Waals surface area contributed by atoms with E-state index in [0.29, 0.717) is 61.5 Å². The molecule has 14 heteroatoms. The molecule has 0 unspecified atom stereocenters. The zero-order chi connectivity index (χ0) is 40.0. The predicted molar refractivity (Wildman–Crippen MR) is 214 cm³/mol. The van der Waals surface area contributed by atoms with Gasteiger partial charge >= 0.3 is 0 Å². The number of amides is 3. The van der Waals surface area contributed by atoms with Gasteiger partial charge in [-0.1, -0.05) is 43.7 Å². The number of sulfonamides is 1. The topological polar surface area (TPSA) is 181 Å². The Kier molecular flexibility index (Phi) is 16.5. The molecule has 300 valence electrons. The van der Waals surface area contributed by atoms with Crippen LogP contribution in [-0.2, 0) is 24.3 Å². The molecule has 5 N–H and O–H groups in total. The van der Waals surface area contributed by atoms with Crippen molar-refractivity contribution >= 4 is 44.8 Å². The van der Waals surface area contributed by atoms with E-state index in [1.54, 1.807) is 84.6 Å². The lowest BCUT2D eigenvalue weighted by Gasteiger charge is -2.35. The van der Waals surface area contributed by atoms with Crippen molar-refractivity contribution in [2.24, 2.45) is 5.92 Å². The van der Waals surface area contributed by atoms with Gasteiger partial charge in [-0.2, -0.15) is 4.31 Å². The van der Waals surface area contributed by atoms with Crippen molar-refractivity contribution < 1.29 is 37.4 Å². The number of aliphatic hydroxyl groups excluding tert-OH is 1. The summed E-state index contributed by atoms with van der Waals surface area (Å²) in [5.41, 5.74) is 7.64. The van der Waals surface area contributed by atoms with Gasteiger partial charge in [0.2, 0.25) is 21.8 Å². The highest BCUT2D eigenvalue weighted by molar-refractivity contribution is 7.89. The number of ether oxygens (including phenoxy) is 2. The Labute approximate surface area is 325 Å². The standard InChI is InChI=1S/C41H57N5O8S/c1-29-26-46(30(2)28-47)41(50)34-25-32(43-39(48)20-9-6-10-21-40(49)44-36-19-12-11-18-35(36)42)22-23-37(34)54-31(3)15-13-14-24-53-38(29)27-45(4)55(51,52)33-16-7-5-8-17-33/h5,7-8,11-12,16-19,22-23,25,29-31,38,47H,6,9-10,13-15,20-21,24,26-28,42H2,1-4H3,(H,43,48)(H,44,49)/t29-,30+,31+,38-/m0/s1. The predicted octanol–water partition coefficient (Wildman–Crippen LogP) is 5.91. The second-order valence-corrected chi connectivity index (χ2v) is 16.4. The number of aliphatic hydroxyl groups is 1. The number of unbranched alkanes of at least 4 members (excludes halogenated alkanes) is 2. The molecule has 0 radical (unpaired) electrons. The minimum Gasteiger partial charge on any atom is -0.490 e. The summed E-state index contributed by atoms with van der Waals surface area (Å²) in [5, 5.41) is 16.0. The zero-order valence-corrected chi connectivity index (χ0v) is 33.2. The summed E-state index contributed by atoms with van der Waals surface area (Å²) in [7, 11) is -2.27. The number of nitrogens with one attached hydrogen (secondary N) is 2. The molecule has 13 nitrogen and oxygen atoms in total. The van der Waals surface area contributed by atoms with Crippen LogP contribution in [0, 0.1) is 5.92 Å². The van der Waals surface area contributed by atoms with E-state index in [-0.39, 0.29) is 60.4 Å². The molecule has 4 rings (SSSR count). The lowest BCUT2D eigenvalue weighted by atomic mass is 10.0. The Hall–Kier alpha value is -4.50. The molecule has 3 aromatic carbocycles. The Balaban J connectivity index is 1.45. The molecule has 0 spiro atoms. The van der Waals surface area contributed by atoms with E-state index < -0.39 is 28.1 Å². The highest BCUT2D eigenvalue weighted by Gasteiger charge is 2.32. The summed E-state index contributed by atoms with van der Waals surface area (Å²) in [6.07, 6.45) is 3.81. The van der Waals surface area contributed by atoms with Crippen molar-refractivity contribution in [2.45, 2.75) is 95.3 Å². The van der Waals surface area contributed by atoms with Crippen molar-refractivity contribution in [2.75, 3.05) is 49.7 Å². The number of para-hydroxylation sites is 2. The maximum absolute atomic E-state index is 14.4. The van der Waals surface area contributed by atoms with Gasteiger partial charge in [0.15, 0.2) is 0 Å². The molecule has 0 saturated heterocycles. The summed E-state index contributed by atoms with van der Waals surface area (Å²) in [6, 6.07) is 19.7. The van der Waals surface area contributed by atoms with Crippen LogP contribution in [0.25, 0.3) is 0 Å². The normalized spacial score (nSPS) is 19.1. The van der Waals surface area contributed by atoms with Gasteiger partial charge in [-0.05, 0) is 88.4 Å². The minimum absolute atomic E-state index is 0.0657. The highest BCUT2D eigenvalue weighted by atomic mass is 32.2. The number of hydrogen-bond donors (Lipinski definition) is 4. The Morgan fingerprint density at radius 2 is 1.64 bits per heavy atom. The van der Waals surface area contributed by atoms with Crippen molar-refractivity contribution in [1.82, 2.24) is 9.21 Å². The van der Waals surface area contributed by atoms with Gasteiger partial charge < -0.3 is 35.8 Å². The van der Waals surface area contributed by atoms with Crippen molar-refractivity contribution in [1.29, 1.82) is 0 Å². The van der Waals surface area contributed by atoms with Crippen LogP contribution in [0.3, 0.4) is 0 Å². The first-order valence-corrected chi connectivity index (χ1v) is 20.5. The number of likely N-dealkylation sites (N-methyl/N-ethyl adjacent to an activating group) is 1. The van der Waals surface area contributed by atoms with E-state index in [1.165, 1.54) is 11.4 Å². The summed E-state index contributed by atoms with van der Waals surface area (Å²) >= 11 is 0. The van der Waals surface area contributed by atoms with Crippen LogP contribution in [0.15, 0.2) is 77.7 Å². The Morgan fingerprint density at radius 3 is 2.33 bits per heavy atom. The van der Waals surface area contributed by atoms with Crippen LogP contribution in [0.2, 0.25) is 0 Å². The van der Waals surface area contributed by atoms with Gasteiger partial charge in [0.05, 0.1) is 46.7 Å². The number of nitrogens with two attached hydrogens (primary N) is 1. The van der Waals surface area contributed by atoms with Crippen molar-refractivity contribution in [3.05, 3.63) is 78.4 Å². The van der Waals surface area contributed by atoms with Crippen LogP contribution >= 0.6 is 0 Å². The maximum atomic E-state index is 14.4. The lowest BCUT2D eigenvalue weighted by molar-refractivity contribution is -0.116. The smallest absolute Gasteiger partial charge is 0.258 e. The Bertz CT molecular complexity index is 1830. The number of rotatable bonds is 14. The first kappa shape index (κ1) is 43.2. The summed E-state index contributed by atoms with van der Waals surface area (Å²) < 4.78 is 40.7. The van der Waals surface area contributed by atoms with Crippen LogP contribution in [0.5, 0.6) is 5.75 Å². The van der Waals surface area contributed by atoms with Crippen LogP contribution in [-0.4, -0.2) is 92.1 Å². The molecule has 55 heavy (non-hydrogen) atoms. The van der Waals surface area contributed by atoms with Crippen molar-refractivity contribution in [3.63, 3.8) is 0 Å². The molecule has 0 aromatic heterocycles. The number of fused-ring (bicyclic) bond motifs is 1. The molecule has 0 bridgehead atoms. The van der Waals surface area contributed by atoms with E-state index in [1.807, 2.05) is 13.8 Å². The fourth-order valence-corrected chi connectivity index (χ4v) is 7.59. The first-order chi connectivity index (χ1) is 26.3. The number of carbonyl (C=O) groups is 3. The van der Waals surface area contributed by atoms with Gasteiger partial charge in [0.1, 0.15) is 5.75 Å². The number of hydrogen-bond acceptors (Lipinski definition) is 9. The third-order valence-electron chi connectivity index (χ3n) is 9.77. The molecule has 1 heterocycles. The molecule has 3 aromatic rings. The molecule has 0 fully saturated rings. The fraction of sp³-hybridized carbons (Fsp3) is 0.488. The second-order valence-electron chi connectivity index (χ2n) is 14.4.